The predicted octanol–water partition coefficient (Wildman–Crippen LogP) is 2.81. The number of fused-ring (bicyclic) bond motifs is 4. The van der Waals surface area contributed by atoms with E-state index in [1.54, 1.807) is 13.8 Å². The van der Waals surface area contributed by atoms with Crippen LogP contribution in [0.5, 0.6) is 5.75 Å². The highest BCUT2D eigenvalue weighted by Crippen LogP contribution is 2.58. The van der Waals surface area contributed by atoms with E-state index in [4.69, 9.17) is 13.9 Å². The van der Waals surface area contributed by atoms with Gasteiger partial charge in [0.05, 0.1) is 7.11 Å². The fraction of sp³-hybridized carbons (Fsp3) is 0.419. The molecule has 1 aromatic heterocycles. The van der Waals surface area contributed by atoms with Gasteiger partial charge in [0.25, 0.3) is 0 Å². The molecule has 3 aromatic rings. The number of para-hydroxylation sites is 1. The zero-order valence-electron chi connectivity index (χ0n) is 24.1. The Labute approximate surface area is 243 Å². The van der Waals surface area contributed by atoms with Gasteiger partial charge in [-0.05, 0) is 35.1 Å². The van der Waals surface area contributed by atoms with Gasteiger partial charge in [0, 0.05) is 17.7 Å². The summed E-state index contributed by atoms with van der Waals surface area (Å²) in [5, 5.41) is 19.6. The molecule has 0 fully saturated rings. The first-order chi connectivity index (χ1) is 20.1. The van der Waals surface area contributed by atoms with Crippen molar-refractivity contribution in [2.24, 2.45) is 11.8 Å². The van der Waals surface area contributed by atoms with E-state index in [0.717, 1.165) is 22.4 Å². The maximum atomic E-state index is 13.7. The third-order valence-electron chi connectivity index (χ3n) is 8.33. The standard InChI is InChI=1S/C31H34N4O7/c1-14(2)22-28-35-23(29(39)40-5)25(42-28)31-17-8-6-7-9-19(17)33-30(31)41-21-11-10-16(12-18(21)31)13-20(26(37)34-22)32-27(38)24(36)15(3)4/h6-12,14-15,20,22,24,30,33,36H,13H2,1-5H3,(H,32,38)(H,34,37)/t20?,22-,24-,30?,31?/m0/s1. The normalized spacial score (nSPS) is 24.4. The predicted molar refractivity (Wildman–Crippen MR) is 151 cm³/mol. The molecule has 0 saturated heterocycles. The number of hydrogen-bond donors (Lipinski definition) is 4. The molecule has 42 heavy (non-hydrogen) atoms. The van der Waals surface area contributed by atoms with Crippen molar-refractivity contribution < 1.29 is 33.4 Å². The van der Waals surface area contributed by atoms with Crippen LogP contribution in [0, 0.1) is 11.8 Å². The minimum atomic E-state index is -1.28. The second-order valence-electron chi connectivity index (χ2n) is 11.7. The average Bonchev–Trinajstić information content (AvgIpc) is 3.63. The van der Waals surface area contributed by atoms with Gasteiger partial charge in [-0.2, -0.15) is 0 Å². The van der Waals surface area contributed by atoms with E-state index in [1.807, 2.05) is 56.3 Å². The van der Waals surface area contributed by atoms with Crippen molar-refractivity contribution in [2.45, 2.75) is 63.9 Å². The highest BCUT2D eigenvalue weighted by Gasteiger charge is 2.61. The van der Waals surface area contributed by atoms with Crippen LogP contribution in [0.3, 0.4) is 0 Å². The van der Waals surface area contributed by atoms with E-state index < -0.39 is 47.6 Å². The SMILES string of the molecule is COC(=O)c1nc2oc1C13c4ccccc4NC1Oc1ccc(cc13)CC(NC(=O)[C@@H](O)C(C)C)C(=O)N[C@H]2C(C)C. The van der Waals surface area contributed by atoms with Gasteiger partial charge in [-0.3, -0.25) is 9.59 Å². The summed E-state index contributed by atoms with van der Waals surface area (Å²) in [5.41, 5.74) is 2.01. The molecule has 4 N–H and O–H groups in total. The number of rotatable bonds is 5. The Balaban J connectivity index is 1.60. The zero-order chi connectivity index (χ0) is 29.9. The second kappa shape index (κ2) is 10.2. The Morgan fingerprint density at radius 1 is 1.12 bits per heavy atom. The summed E-state index contributed by atoms with van der Waals surface area (Å²) < 4.78 is 18.1. The number of esters is 1. The number of anilines is 1. The molecule has 2 aromatic carbocycles. The summed E-state index contributed by atoms with van der Waals surface area (Å²) in [7, 11) is 1.28. The Morgan fingerprint density at radius 2 is 1.88 bits per heavy atom. The molecule has 0 aliphatic carbocycles. The molecule has 2 amide bonds. The Kier molecular flexibility index (Phi) is 6.72. The molecule has 11 heteroatoms. The number of amides is 2. The van der Waals surface area contributed by atoms with Gasteiger partial charge in [-0.15, -0.1) is 0 Å². The van der Waals surface area contributed by atoms with Gasteiger partial charge in [0.15, 0.2) is 17.7 Å². The molecule has 0 saturated carbocycles. The van der Waals surface area contributed by atoms with Crippen LogP contribution in [0.4, 0.5) is 5.69 Å². The molecule has 11 nitrogen and oxygen atoms in total. The van der Waals surface area contributed by atoms with Crippen LogP contribution in [-0.4, -0.2) is 53.4 Å². The molecule has 3 unspecified atom stereocenters. The van der Waals surface area contributed by atoms with Crippen molar-refractivity contribution in [3.63, 3.8) is 0 Å². The van der Waals surface area contributed by atoms with Gasteiger partial charge < -0.3 is 34.9 Å². The van der Waals surface area contributed by atoms with Crippen molar-refractivity contribution in [3.8, 4) is 5.75 Å². The van der Waals surface area contributed by atoms with Gasteiger partial charge in [0.1, 0.15) is 29.4 Å². The summed E-state index contributed by atoms with van der Waals surface area (Å²) >= 11 is 0. The first kappa shape index (κ1) is 27.8. The molecular weight excluding hydrogens is 540 g/mol. The van der Waals surface area contributed by atoms with Gasteiger partial charge in [-0.25, -0.2) is 9.78 Å². The third kappa shape index (κ3) is 4.13. The van der Waals surface area contributed by atoms with E-state index in [9.17, 15) is 19.5 Å². The number of aliphatic hydroxyl groups excluding tert-OH is 1. The fourth-order valence-electron chi connectivity index (χ4n) is 6.10. The highest BCUT2D eigenvalue weighted by molar-refractivity contribution is 5.91. The van der Waals surface area contributed by atoms with E-state index in [1.165, 1.54) is 7.11 Å². The van der Waals surface area contributed by atoms with Crippen LogP contribution in [0.15, 0.2) is 46.9 Å². The summed E-state index contributed by atoms with van der Waals surface area (Å²) in [4.78, 5) is 44.5. The lowest BCUT2D eigenvalue weighted by Crippen LogP contribution is -2.52. The topological polar surface area (TPSA) is 152 Å². The molecule has 6 rings (SSSR count). The number of carbonyl (C=O) groups is 3. The molecule has 0 radical (unpaired) electrons. The maximum absolute atomic E-state index is 13.7. The zero-order valence-corrected chi connectivity index (χ0v) is 24.1. The number of aliphatic hydroxyl groups is 1. The lowest BCUT2D eigenvalue weighted by Gasteiger charge is -2.29. The minimum absolute atomic E-state index is 0.0121. The molecular formula is C31H34N4O7. The van der Waals surface area contributed by atoms with E-state index in [-0.39, 0.29) is 35.6 Å². The lowest BCUT2D eigenvalue weighted by atomic mass is 9.72. The summed E-state index contributed by atoms with van der Waals surface area (Å²) in [5.74, 6) is -1.38. The summed E-state index contributed by atoms with van der Waals surface area (Å²) in [6.45, 7) is 7.23. The van der Waals surface area contributed by atoms with E-state index >= 15 is 0 Å². The average molecular weight is 575 g/mol. The van der Waals surface area contributed by atoms with Crippen molar-refractivity contribution >= 4 is 23.5 Å². The van der Waals surface area contributed by atoms with Crippen LogP contribution < -0.4 is 20.7 Å². The molecule has 1 spiro atoms. The fourth-order valence-corrected chi connectivity index (χ4v) is 6.10. The van der Waals surface area contributed by atoms with Crippen LogP contribution in [-0.2, 0) is 26.2 Å². The molecule has 4 bridgehead atoms. The Morgan fingerprint density at radius 3 is 2.60 bits per heavy atom. The number of hydrogen-bond acceptors (Lipinski definition) is 9. The van der Waals surface area contributed by atoms with Crippen LogP contribution in [0.25, 0.3) is 0 Å². The monoisotopic (exact) mass is 574 g/mol. The lowest BCUT2D eigenvalue weighted by molar-refractivity contribution is -0.135. The summed E-state index contributed by atoms with van der Waals surface area (Å²) in [6, 6.07) is 11.5. The number of carbonyl (C=O) groups excluding carboxylic acids is 3. The van der Waals surface area contributed by atoms with Gasteiger partial charge in [0.2, 0.25) is 17.7 Å². The van der Waals surface area contributed by atoms with Crippen molar-refractivity contribution in [1.82, 2.24) is 15.6 Å². The number of nitrogens with one attached hydrogen (secondary N) is 3. The number of oxazole rings is 1. The molecule has 3 aliphatic heterocycles. The molecule has 5 atom stereocenters. The number of methoxy groups -OCH3 is 1. The molecule has 3 aliphatic rings. The third-order valence-corrected chi connectivity index (χ3v) is 8.33. The van der Waals surface area contributed by atoms with Crippen LogP contribution in [0.1, 0.15) is 72.6 Å². The number of aromatic nitrogens is 1. The Bertz CT molecular complexity index is 1580. The highest BCUT2D eigenvalue weighted by atomic mass is 16.5. The van der Waals surface area contributed by atoms with Crippen molar-refractivity contribution in [1.29, 1.82) is 0 Å². The smallest absolute Gasteiger partial charge is 0.360 e. The van der Waals surface area contributed by atoms with E-state index in [0.29, 0.717) is 5.75 Å². The molecule has 4 heterocycles. The first-order valence-corrected chi connectivity index (χ1v) is 14.1. The Hall–Kier alpha value is -4.38. The van der Waals surface area contributed by atoms with Gasteiger partial charge >= 0.3 is 5.97 Å². The number of ether oxygens (including phenoxy) is 2. The van der Waals surface area contributed by atoms with Gasteiger partial charge in [-0.1, -0.05) is 58.0 Å². The number of nitrogens with zero attached hydrogens (tertiary/aromatic N) is 1. The maximum Gasteiger partial charge on any atom is 0.360 e. The van der Waals surface area contributed by atoms with Crippen molar-refractivity contribution in [3.05, 3.63) is 76.5 Å². The van der Waals surface area contributed by atoms with Crippen molar-refractivity contribution in [2.75, 3.05) is 12.4 Å². The van der Waals surface area contributed by atoms with Crippen LogP contribution in [0.2, 0.25) is 0 Å². The quantitative estimate of drug-likeness (QED) is 0.337. The first-order valence-electron chi connectivity index (χ1n) is 14.1. The summed E-state index contributed by atoms with van der Waals surface area (Å²) in [6.07, 6.45) is -1.79. The minimum Gasteiger partial charge on any atom is -0.469 e. The second-order valence-corrected chi connectivity index (χ2v) is 11.7. The van der Waals surface area contributed by atoms with Crippen LogP contribution >= 0.6 is 0 Å². The van der Waals surface area contributed by atoms with E-state index in [2.05, 4.69) is 20.9 Å². The molecule has 220 valence electrons. The number of benzene rings is 2. The largest absolute Gasteiger partial charge is 0.469 e.